The second-order valence-corrected chi connectivity index (χ2v) is 11.3. The van der Waals surface area contributed by atoms with Gasteiger partial charge in [0.2, 0.25) is 17.7 Å². The standard InChI is InChI=1S/C32H44N4O6/c1-21(2)20-26-32(40)36(5)17-19-42-28-13-9-7-11-24(28)30(38)35-25(14-15-29(37)34-26)31(39)33-16-18-41-27-12-8-6-10-23(27)22(3)4/h6-13,21-22,25-26H,14-20H2,1-5H3,(H,33,39)(H,34,37)(H,35,38)/t25-,26-/m0/s1. The van der Waals surface area contributed by atoms with Gasteiger partial charge in [-0.05, 0) is 48.4 Å². The lowest BCUT2D eigenvalue weighted by atomic mass is 10.0. The normalized spacial score (nSPS) is 18.7. The summed E-state index contributed by atoms with van der Waals surface area (Å²) in [5, 5.41) is 8.43. The molecule has 0 aromatic heterocycles. The summed E-state index contributed by atoms with van der Waals surface area (Å²) in [6.45, 7) is 9.00. The van der Waals surface area contributed by atoms with Crippen LogP contribution in [0, 0.1) is 5.92 Å². The first-order valence-corrected chi connectivity index (χ1v) is 14.6. The smallest absolute Gasteiger partial charge is 0.255 e. The Balaban J connectivity index is 1.75. The van der Waals surface area contributed by atoms with Crippen molar-refractivity contribution in [3.63, 3.8) is 0 Å². The maximum absolute atomic E-state index is 13.3. The number of carbonyl (C=O) groups excluding carboxylic acids is 4. The number of nitrogens with one attached hydrogen (secondary N) is 3. The van der Waals surface area contributed by atoms with Gasteiger partial charge in [0.15, 0.2) is 0 Å². The van der Waals surface area contributed by atoms with Crippen LogP contribution in [-0.4, -0.2) is 74.0 Å². The van der Waals surface area contributed by atoms with Crippen LogP contribution in [0.1, 0.15) is 68.8 Å². The fourth-order valence-corrected chi connectivity index (χ4v) is 4.74. The van der Waals surface area contributed by atoms with E-state index in [-0.39, 0.29) is 68.4 Å². The number of rotatable bonds is 8. The van der Waals surface area contributed by atoms with Crippen LogP contribution < -0.4 is 25.4 Å². The van der Waals surface area contributed by atoms with E-state index in [9.17, 15) is 19.2 Å². The molecule has 2 aromatic carbocycles. The van der Waals surface area contributed by atoms with E-state index in [4.69, 9.17) is 9.47 Å². The molecule has 3 N–H and O–H groups in total. The molecule has 228 valence electrons. The summed E-state index contributed by atoms with van der Waals surface area (Å²) in [5.74, 6) is 0.0444. The maximum atomic E-state index is 13.3. The fourth-order valence-electron chi connectivity index (χ4n) is 4.74. The van der Waals surface area contributed by atoms with Crippen LogP contribution in [0.4, 0.5) is 0 Å². The molecule has 1 aliphatic heterocycles. The van der Waals surface area contributed by atoms with Gasteiger partial charge in [0, 0.05) is 13.5 Å². The van der Waals surface area contributed by atoms with Crippen molar-refractivity contribution in [2.75, 3.05) is 33.4 Å². The number of carbonyl (C=O) groups is 4. The van der Waals surface area contributed by atoms with Crippen molar-refractivity contribution in [1.29, 1.82) is 0 Å². The molecule has 0 saturated carbocycles. The van der Waals surface area contributed by atoms with E-state index in [1.165, 1.54) is 4.90 Å². The third kappa shape index (κ3) is 9.49. The van der Waals surface area contributed by atoms with Crippen LogP contribution in [0.3, 0.4) is 0 Å². The zero-order chi connectivity index (χ0) is 30.6. The van der Waals surface area contributed by atoms with E-state index in [1.54, 1.807) is 31.3 Å². The first kappa shape index (κ1) is 32.4. The largest absolute Gasteiger partial charge is 0.491 e. The number of hydrogen-bond acceptors (Lipinski definition) is 6. The molecule has 3 rings (SSSR count). The average Bonchev–Trinajstić information content (AvgIpc) is 2.96. The van der Waals surface area contributed by atoms with Crippen LogP contribution in [-0.2, 0) is 14.4 Å². The van der Waals surface area contributed by atoms with Crippen molar-refractivity contribution < 1.29 is 28.7 Å². The predicted molar refractivity (Wildman–Crippen MR) is 160 cm³/mol. The summed E-state index contributed by atoms with van der Waals surface area (Å²) in [6, 6.07) is 12.8. The minimum Gasteiger partial charge on any atom is -0.491 e. The Hall–Kier alpha value is -4.08. The van der Waals surface area contributed by atoms with Crippen molar-refractivity contribution in [2.45, 2.75) is 65.0 Å². The summed E-state index contributed by atoms with van der Waals surface area (Å²) in [6.07, 6.45) is 0.460. The van der Waals surface area contributed by atoms with Crippen molar-refractivity contribution in [3.05, 3.63) is 59.7 Å². The van der Waals surface area contributed by atoms with Gasteiger partial charge in [-0.2, -0.15) is 0 Å². The molecule has 1 aliphatic rings. The maximum Gasteiger partial charge on any atom is 0.255 e. The molecule has 0 aliphatic carbocycles. The van der Waals surface area contributed by atoms with Gasteiger partial charge >= 0.3 is 0 Å². The Morgan fingerprint density at radius 3 is 2.50 bits per heavy atom. The van der Waals surface area contributed by atoms with E-state index in [0.29, 0.717) is 12.2 Å². The first-order chi connectivity index (χ1) is 20.1. The SMILES string of the molecule is CC(C)C[C@@H]1NC(=O)CC[C@@H](C(=O)NCCOc2ccccc2C(C)C)NC(=O)c2ccccc2OCCN(C)C1=O. The van der Waals surface area contributed by atoms with Gasteiger partial charge in [0.1, 0.15) is 36.8 Å². The Labute approximate surface area is 248 Å². The summed E-state index contributed by atoms with van der Waals surface area (Å²) >= 11 is 0. The molecule has 10 heteroatoms. The number of hydrogen-bond donors (Lipinski definition) is 3. The second kappa shape index (κ2) is 15.8. The molecule has 2 atom stereocenters. The highest BCUT2D eigenvalue weighted by Crippen LogP contribution is 2.25. The number of benzene rings is 2. The number of para-hydroxylation sites is 2. The monoisotopic (exact) mass is 580 g/mol. The molecule has 0 bridgehead atoms. The Bertz CT molecular complexity index is 1230. The molecule has 2 aromatic rings. The molecule has 0 spiro atoms. The summed E-state index contributed by atoms with van der Waals surface area (Å²) in [4.78, 5) is 54.2. The van der Waals surface area contributed by atoms with E-state index >= 15 is 0 Å². The lowest BCUT2D eigenvalue weighted by Gasteiger charge is -2.26. The highest BCUT2D eigenvalue weighted by Gasteiger charge is 2.28. The summed E-state index contributed by atoms with van der Waals surface area (Å²) in [7, 11) is 1.66. The molecule has 0 radical (unpaired) electrons. The fraction of sp³-hybridized carbons (Fsp3) is 0.500. The molecule has 42 heavy (non-hydrogen) atoms. The molecule has 0 unspecified atom stereocenters. The number of ether oxygens (including phenoxy) is 2. The van der Waals surface area contributed by atoms with E-state index in [2.05, 4.69) is 29.8 Å². The number of fused-ring (bicyclic) bond motifs is 1. The molecular formula is C32H44N4O6. The number of likely N-dealkylation sites (N-methyl/N-ethyl adjacent to an activating group) is 1. The molecule has 1 heterocycles. The van der Waals surface area contributed by atoms with E-state index in [1.807, 2.05) is 38.1 Å². The van der Waals surface area contributed by atoms with E-state index < -0.39 is 23.9 Å². The minimum absolute atomic E-state index is 0.0436. The Morgan fingerprint density at radius 2 is 1.76 bits per heavy atom. The van der Waals surface area contributed by atoms with Crippen molar-refractivity contribution in [3.8, 4) is 11.5 Å². The lowest BCUT2D eigenvalue weighted by Crippen LogP contribution is -2.50. The van der Waals surface area contributed by atoms with Crippen LogP contribution in [0.25, 0.3) is 0 Å². The van der Waals surface area contributed by atoms with Crippen LogP contribution in [0.5, 0.6) is 11.5 Å². The predicted octanol–water partition coefficient (Wildman–Crippen LogP) is 3.27. The molecule has 10 nitrogen and oxygen atoms in total. The quantitative estimate of drug-likeness (QED) is 0.412. The van der Waals surface area contributed by atoms with Gasteiger partial charge in [-0.1, -0.05) is 58.0 Å². The number of amides is 4. The van der Waals surface area contributed by atoms with Crippen molar-refractivity contribution >= 4 is 23.6 Å². The van der Waals surface area contributed by atoms with Gasteiger partial charge < -0.3 is 30.3 Å². The lowest BCUT2D eigenvalue weighted by molar-refractivity contribution is -0.136. The molecule has 0 fully saturated rings. The third-order valence-electron chi connectivity index (χ3n) is 7.01. The van der Waals surface area contributed by atoms with Crippen LogP contribution in [0.15, 0.2) is 48.5 Å². The van der Waals surface area contributed by atoms with Gasteiger partial charge in [-0.15, -0.1) is 0 Å². The van der Waals surface area contributed by atoms with Crippen molar-refractivity contribution in [1.82, 2.24) is 20.9 Å². The minimum atomic E-state index is -0.994. The topological polar surface area (TPSA) is 126 Å². The average molecular weight is 581 g/mol. The number of nitrogens with zero attached hydrogens (tertiary/aromatic N) is 1. The second-order valence-electron chi connectivity index (χ2n) is 11.3. The zero-order valence-corrected chi connectivity index (χ0v) is 25.3. The highest BCUT2D eigenvalue weighted by molar-refractivity contribution is 5.99. The summed E-state index contributed by atoms with van der Waals surface area (Å²) in [5.41, 5.74) is 1.33. The Morgan fingerprint density at radius 1 is 1.05 bits per heavy atom. The highest BCUT2D eigenvalue weighted by atomic mass is 16.5. The van der Waals surface area contributed by atoms with Gasteiger partial charge in [-0.3, -0.25) is 19.2 Å². The first-order valence-electron chi connectivity index (χ1n) is 14.6. The van der Waals surface area contributed by atoms with Gasteiger partial charge in [0.05, 0.1) is 18.7 Å². The van der Waals surface area contributed by atoms with Gasteiger partial charge in [-0.25, -0.2) is 0 Å². The van der Waals surface area contributed by atoms with Gasteiger partial charge in [0.25, 0.3) is 5.91 Å². The Kier molecular flexibility index (Phi) is 12.2. The zero-order valence-electron chi connectivity index (χ0n) is 25.3. The van der Waals surface area contributed by atoms with Crippen LogP contribution >= 0.6 is 0 Å². The van der Waals surface area contributed by atoms with E-state index in [0.717, 1.165) is 11.3 Å². The third-order valence-corrected chi connectivity index (χ3v) is 7.01. The van der Waals surface area contributed by atoms with Crippen molar-refractivity contribution in [2.24, 2.45) is 5.92 Å². The summed E-state index contributed by atoms with van der Waals surface area (Å²) < 4.78 is 11.8. The molecule has 4 amide bonds. The van der Waals surface area contributed by atoms with Crippen LogP contribution in [0.2, 0.25) is 0 Å². The molecular weight excluding hydrogens is 536 g/mol. The molecule has 0 saturated heterocycles.